The molecule has 0 radical (unpaired) electrons. The van der Waals surface area contributed by atoms with Crippen molar-refractivity contribution in [1.29, 1.82) is 0 Å². The minimum atomic E-state index is -1.70. The highest BCUT2D eigenvalue weighted by Crippen LogP contribution is 2.26. The van der Waals surface area contributed by atoms with Crippen LogP contribution in [-0.2, 0) is 33.2 Å². The fourth-order valence-corrected chi connectivity index (χ4v) is 6.51. The van der Waals surface area contributed by atoms with Gasteiger partial charge in [-0.3, -0.25) is 4.79 Å². The van der Waals surface area contributed by atoms with E-state index in [0.717, 1.165) is 38.5 Å². The molecule has 14 nitrogen and oxygen atoms in total. The lowest BCUT2D eigenvalue weighted by Crippen LogP contribution is -2.61. The second kappa shape index (κ2) is 29.9. The highest BCUT2D eigenvalue weighted by atomic mass is 16.7. The molecule has 0 bridgehead atoms. The van der Waals surface area contributed by atoms with Crippen LogP contribution in [0, 0.1) is 0 Å². The van der Waals surface area contributed by atoms with E-state index >= 15 is 0 Å². The molecule has 54 heavy (non-hydrogen) atoms. The zero-order valence-corrected chi connectivity index (χ0v) is 33.0. The van der Waals surface area contributed by atoms with Crippen LogP contribution in [0.25, 0.3) is 0 Å². The third kappa shape index (κ3) is 19.3. The molecular formula is C40H74O14. The van der Waals surface area contributed by atoms with Crippen LogP contribution in [0.4, 0.5) is 0 Å². The summed E-state index contributed by atoms with van der Waals surface area (Å²) < 4.78 is 33.7. The molecule has 0 amide bonds. The number of esters is 1. The number of unbranched alkanes of at least 4 members (excludes halogenated alkanes) is 15. The lowest BCUT2D eigenvalue weighted by Gasteiger charge is -2.42. The third-order valence-electron chi connectivity index (χ3n) is 10.0. The first-order chi connectivity index (χ1) is 26.1. The normalized spacial score (nSPS) is 29.5. The van der Waals surface area contributed by atoms with Gasteiger partial charge in [0.2, 0.25) is 0 Å². The molecule has 0 aliphatic carbocycles. The average molecular weight is 779 g/mol. The van der Waals surface area contributed by atoms with Crippen molar-refractivity contribution in [2.75, 3.05) is 33.0 Å². The van der Waals surface area contributed by atoms with Gasteiger partial charge in [0, 0.05) is 13.0 Å². The molecule has 0 aromatic rings. The van der Waals surface area contributed by atoms with E-state index in [0.29, 0.717) is 13.0 Å². The van der Waals surface area contributed by atoms with E-state index in [9.17, 15) is 40.5 Å². The number of aliphatic hydroxyl groups is 7. The van der Waals surface area contributed by atoms with Crippen molar-refractivity contribution in [3.8, 4) is 0 Å². The number of aliphatic hydroxyl groups excluding tert-OH is 7. The summed E-state index contributed by atoms with van der Waals surface area (Å²) in [5, 5.41) is 71.4. The second-order valence-electron chi connectivity index (χ2n) is 14.8. The summed E-state index contributed by atoms with van der Waals surface area (Å²) in [5.41, 5.74) is 0. The quantitative estimate of drug-likeness (QED) is 0.0305. The van der Waals surface area contributed by atoms with Gasteiger partial charge in [0.25, 0.3) is 0 Å². The highest BCUT2D eigenvalue weighted by molar-refractivity contribution is 5.69. The van der Waals surface area contributed by atoms with Gasteiger partial charge in [-0.1, -0.05) is 103 Å². The van der Waals surface area contributed by atoms with Crippen molar-refractivity contribution in [3.05, 3.63) is 12.2 Å². The van der Waals surface area contributed by atoms with Crippen LogP contribution in [-0.4, -0.2) is 142 Å². The zero-order valence-electron chi connectivity index (χ0n) is 33.0. The smallest absolute Gasteiger partial charge is 0.306 e. The Bertz CT molecular complexity index is 954. The van der Waals surface area contributed by atoms with E-state index < -0.39 is 86.7 Å². The molecule has 0 aromatic heterocycles. The maximum atomic E-state index is 12.6. The van der Waals surface area contributed by atoms with Crippen LogP contribution in [0.5, 0.6) is 0 Å². The van der Waals surface area contributed by atoms with Gasteiger partial charge in [0.1, 0.15) is 54.9 Å². The fraction of sp³-hybridized carbons (Fsp3) is 0.925. The van der Waals surface area contributed by atoms with Gasteiger partial charge in [0.15, 0.2) is 12.6 Å². The molecule has 0 saturated carbocycles. The van der Waals surface area contributed by atoms with E-state index in [4.69, 9.17) is 28.4 Å². The first kappa shape index (κ1) is 48.9. The van der Waals surface area contributed by atoms with Gasteiger partial charge in [-0.05, 0) is 38.5 Å². The van der Waals surface area contributed by atoms with Crippen molar-refractivity contribution in [2.24, 2.45) is 0 Å². The van der Waals surface area contributed by atoms with Crippen LogP contribution in [0.1, 0.15) is 136 Å². The third-order valence-corrected chi connectivity index (χ3v) is 10.0. The van der Waals surface area contributed by atoms with E-state index in [1.807, 2.05) is 6.92 Å². The molecule has 2 aliphatic rings. The molecule has 11 atom stereocenters. The standard InChI is InChI=1S/C40H74O14/c1-3-5-7-8-9-10-11-12-13-14-15-16-17-18-19-20-22-24-49-26-29(52-32(42)23-21-6-4-2)27-50-39-38(48)36(46)34(44)31(54-39)28-51-40-37(47)35(45)33(43)30(25-41)53-40/h13-14,29-31,33-41,43-48H,3-12,15-28H2,1-2H3/b14-13-. The summed E-state index contributed by atoms with van der Waals surface area (Å²) >= 11 is 0. The van der Waals surface area contributed by atoms with Gasteiger partial charge in [-0.15, -0.1) is 0 Å². The Kier molecular flexibility index (Phi) is 27.1. The summed E-state index contributed by atoms with van der Waals surface area (Å²) in [4.78, 5) is 12.6. The number of carbonyl (C=O) groups is 1. The molecule has 2 rings (SSSR count). The number of rotatable bonds is 31. The highest BCUT2D eigenvalue weighted by Gasteiger charge is 2.47. The topological polar surface area (TPSA) is 214 Å². The van der Waals surface area contributed by atoms with E-state index in [2.05, 4.69) is 19.1 Å². The predicted octanol–water partition coefficient (Wildman–Crippen LogP) is 3.56. The lowest BCUT2D eigenvalue weighted by atomic mass is 9.98. The Labute approximate surface area is 323 Å². The maximum absolute atomic E-state index is 12.6. The van der Waals surface area contributed by atoms with Crippen LogP contribution in [0.15, 0.2) is 12.2 Å². The minimum Gasteiger partial charge on any atom is -0.457 e. The van der Waals surface area contributed by atoms with Gasteiger partial charge >= 0.3 is 5.97 Å². The minimum absolute atomic E-state index is 0.0579. The Morgan fingerprint density at radius 1 is 0.593 bits per heavy atom. The monoisotopic (exact) mass is 779 g/mol. The molecule has 2 aliphatic heterocycles. The summed E-state index contributed by atoms with van der Waals surface area (Å²) in [6.45, 7) is 3.47. The lowest BCUT2D eigenvalue weighted by molar-refractivity contribution is -0.332. The molecule has 11 unspecified atom stereocenters. The maximum Gasteiger partial charge on any atom is 0.306 e. The van der Waals surface area contributed by atoms with Crippen LogP contribution in [0.2, 0.25) is 0 Å². The summed E-state index contributed by atoms with van der Waals surface area (Å²) in [6, 6.07) is 0. The van der Waals surface area contributed by atoms with Crippen molar-refractivity contribution in [2.45, 2.75) is 203 Å². The SMILES string of the molecule is CCCCCCCCC/C=C\CCCCCCCCOCC(COC1OC(COC2OC(CO)C(O)C(O)C2O)C(O)C(O)C1O)OC(=O)CCCCC. The molecular weight excluding hydrogens is 704 g/mol. The molecule has 14 heteroatoms. The van der Waals surface area contributed by atoms with Gasteiger partial charge in [-0.2, -0.15) is 0 Å². The van der Waals surface area contributed by atoms with Gasteiger partial charge in [-0.25, -0.2) is 0 Å². The zero-order chi connectivity index (χ0) is 39.6. The first-order valence-corrected chi connectivity index (χ1v) is 20.8. The molecule has 2 fully saturated rings. The first-order valence-electron chi connectivity index (χ1n) is 20.8. The van der Waals surface area contributed by atoms with E-state index in [1.165, 1.54) is 70.6 Å². The van der Waals surface area contributed by atoms with Crippen molar-refractivity contribution < 1.29 is 69.0 Å². The Morgan fingerprint density at radius 2 is 1.09 bits per heavy atom. The van der Waals surface area contributed by atoms with Gasteiger partial charge < -0.3 is 64.2 Å². The average Bonchev–Trinajstić information content (AvgIpc) is 3.16. The predicted molar refractivity (Wildman–Crippen MR) is 201 cm³/mol. The largest absolute Gasteiger partial charge is 0.457 e. The summed E-state index contributed by atoms with van der Waals surface area (Å²) in [6.07, 6.45) is 9.61. The van der Waals surface area contributed by atoms with Gasteiger partial charge in [0.05, 0.1) is 26.4 Å². The summed E-state index contributed by atoms with van der Waals surface area (Å²) in [7, 11) is 0. The van der Waals surface area contributed by atoms with Crippen molar-refractivity contribution in [3.63, 3.8) is 0 Å². The molecule has 0 spiro atoms. The molecule has 2 saturated heterocycles. The van der Waals surface area contributed by atoms with Crippen LogP contribution in [0.3, 0.4) is 0 Å². The van der Waals surface area contributed by atoms with Crippen molar-refractivity contribution >= 4 is 5.97 Å². The number of carbonyl (C=O) groups excluding carboxylic acids is 1. The molecule has 0 aromatic carbocycles. The second-order valence-corrected chi connectivity index (χ2v) is 14.8. The van der Waals surface area contributed by atoms with Crippen LogP contribution >= 0.6 is 0 Å². The van der Waals surface area contributed by atoms with Crippen molar-refractivity contribution in [1.82, 2.24) is 0 Å². The van der Waals surface area contributed by atoms with E-state index in [1.54, 1.807) is 0 Å². The van der Waals surface area contributed by atoms with E-state index in [-0.39, 0.29) is 19.6 Å². The van der Waals surface area contributed by atoms with Crippen LogP contribution < -0.4 is 0 Å². The Morgan fingerprint density at radius 3 is 1.69 bits per heavy atom. The number of allylic oxidation sites excluding steroid dienone is 2. The molecule has 2 heterocycles. The Hall–Kier alpha value is -1.27. The number of hydrogen-bond acceptors (Lipinski definition) is 14. The Balaban J connectivity index is 1.72. The summed E-state index contributed by atoms with van der Waals surface area (Å²) in [5.74, 6) is -0.403. The number of ether oxygens (including phenoxy) is 6. The fourth-order valence-electron chi connectivity index (χ4n) is 6.51. The molecule has 7 N–H and O–H groups in total. The number of hydrogen-bond donors (Lipinski definition) is 7. The molecule has 318 valence electrons.